The van der Waals surface area contributed by atoms with Crippen molar-refractivity contribution in [2.45, 2.75) is 13.3 Å². The van der Waals surface area contributed by atoms with E-state index in [1.54, 1.807) is 0 Å². The number of rotatable bonds is 1. The standard InChI is InChI=1S/C10H12N2/c1-2-8-3-4-10-9(11)5-6-12(10)7-8/h3-7H,2,11H2,1H3. The number of hydrogen-bond donors (Lipinski definition) is 1. The van der Waals surface area contributed by atoms with E-state index < -0.39 is 0 Å². The van der Waals surface area contributed by atoms with E-state index in [1.165, 1.54) is 5.56 Å². The van der Waals surface area contributed by atoms with Crippen molar-refractivity contribution < 1.29 is 0 Å². The number of aryl methyl sites for hydroxylation is 1. The third-order valence-corrected chi connectivity index (χ3v) is 2.16. The lowest BCUT2D eigenvalue weighted by Crippen LogP contribution is -1.88. The molecule has 2 rings (SSSR count). The lowest BCUT2D eigenvalue weighted by atomic mass is 10.2. The molecule has 0 fully saturated rings. The van der Waals surface area contributed by atoms with E-state index in [0.717, 1.165) is 17.6 Å². The SMILES string of the molecule is CCc1ccc2c(N)ccn2c1. The van der Waals surface area contributed by atoms with E-state index in [-0.39, 0.29) is 0 Å². The van der Waals surface area contributed by atoms with Gasteiger partial charge in [-0.15, -0.1) is 0 Å². The lowest BCUT2D eigenvalue weighted by Gasteiger charge is -1.99. The van der Waals surface area contributed by atoms with Crippen LogP contribution < -0.4 is 5.73 Å². The summed E-state index contributed by atoms with van der Waals surface area (Å²) in [6, 6.07) is 6.11. The normalized spacial score (nSPS) is 10.8. The molecule has 0 amide bonds. The summed E-state index contributed by atoms with van der Waals surface area (Å²) in [6.07, 6.45) is 5.17. The van der Waals surface area contributed by atoms with Crippen molar-refractivity contribution in [3.05, 3.63) is 36.2 Å². The van der Waals surface area contributed by atoms with Gasteiger partial charge in [0.05, 0.1) is 11.2 Å². The van der Waals surface area contributed by atoms with Crippen molar-refractivity contribution in [3.8, 4) is 0 Å². The van der Waals surface area contributed by atoms with E-state index in [1.807, 2.05) is 12.3 Å². The van der Waals surface area contributed by atoms with Gasteiger partial charge in [-0.3, -0.25) is 0 Å². The second-order valence-corrected chi connectivity index (χ2v) is 2.95. The van der Waals surface area contributed by atoms with Gasteiger partial charge in [0.1, 0.15) is 0 Å². The van der Waals surface area contributed by atoms with Crippen molar-refractivity contribution >= 4 is 11.2 Å². The predicted octanol–water partition coefficient (Wildman–Crippen LogP) is 2.08. The average Bonchev–Trinajstić information content (AvgIpc) is 2.47. The van der Waals surface area contributed by atoms with Gasteiger partial charge in [0.15, 0.2) is 0 Å². The van der Waals surface area contributed by atoms with Crippen LogP contribution in [0.3, 0.4) is 0 Å². The Morgan fingerprint density at radius 2 is 2.17 bits per heavy atom. The predicted molar refractivity (Wildman–Crippen MR) is 51.2 cm³/mol. The second-order valence-electron chi connectivity index (χ2n) is 2.95. The number of fused-ring (bicyclic) bond motifs is 1. The van der Waals surface area contributed by atoms with Gasteiger partial charge in [-0.1, -0.05) is 13.0 Å². The van der Waals surface area contributed by atoms with Crippen molar-refractivity contribution in [3.63, 3.8) is 0 Å². The second kappa shape index (κ2) is 2.55. The zero-order valence-corrected chi connectivity index (χ0v) is 7.12. The molecule has 0 atom stereocenters. The van der Waals surface area contributed by atoms with Gasteiger partial charge in [0, 0.05) is 12.4 Å². The van der Waals surface area contributed by atoms with Crippen molar-refractivity contribution in [1.82, 2.24) is 4.40 Å². The minimum absolute atomic E-state index is 0.845. The first-order valence-corrected chi connectivity index (χ1v) is 4.16. The largest absolute Gasteiger partial charge is 0.397 e. The van der Waals surface area contributed by atoms with Crippen molar-refractivity contribution in [2.24, 2.45) is 0 Å². The van der Waals surface area contributed by atoms with Crippen LogP contribution in [0.25, 0.3) is 5.52 Å². The van der Waals surface area contributed by atoms with E-state index >= 15 is 0 Å². The molecule has 0 aliphatic heterocycles. The van der Waals surface area contributed by atoms with Crippen LogP contribution in [-0.2, 0) is 6.42 Å². The molecule has 0 saturated carbocycles. The number of aromatic nitrogens is 1. The molecule has 0 unspecified atom stereocenters. The Hall–Kier alpha value is -1.44. The number of nitrogen functional groups attached to an aromatic ring is 1. The van der Waals surface area contributed by atoms with Gasteiger partial charge >= 0.3 is 0 Å². The number of nitrogens with zero attached hydrogens (tertiary/aromatic N) is 1. The average molecular weight is 160 g/mol. The Bertz CT molecular complexity index is 401. The molecule has 2 aromatic heterocycles. The Balaban J connectivity index is 2.69. The maximum Gasteiger partial charge on any atom is 0.0681 e. The topological polar surface area (TPSA) is 30.4 Å². The first-order valence-electron chi connectivity index (χ1n) is 4.16. The molecule has 2 aromatic rings. The van der Waals surface area contributed by atoms with Crippen molar-refractivity contribution in [1.29, 1.82) is 0 Å². The molecule has 62 valence electrons. The Labute approximate surface area is 71.6 Å². The first-order chi connectivity index (χ1) is 5.81. The first kappa shape index (κ1) is 7.22. The smallest absolute Gasteiger partial charge is 0.0681 e. The zero-order valence-electron chi connectivity index (χ0n) is 7.12. The van der Waals surface area contributed by atoms with Crippen LogP contribution in [0.5, 0.6) is 0 Å². The maximum atomic E-state index is 5.75. The number of hydrogen-bond acceptors (Lipinski definition) is 1. The van der Waals surface area contributed by atoms with Gasteiger partial charge in [-0.05, 0) is 24.1 Å². The fourth-order valence-corrected chi connectivity index (χ4v) is 1.39. The van der Waals surface area contributed by atoms with E-state index in [4.69, 9.17) is 5.73 Å². The summed E-state index contributed by atoms with van der Waals surface area (Å²) >= 11 is 0. The molecule has 0 bridgehead atoms. The monoisotopic (exact) mass is 160 g/mol. The van der Waals surface area contributed by atoms with E-state index in [0.29, 0.717) is 0 Å². The Morgan fingerprint density at radius 1 is 1.33 bits per heavy atom. The van der Waals surface area contributed by atoms with Gasteiger partial charge in [-0.25, -0.2) is 0 Å². The molecule has 2 nitrogen and oxygen atoms in total. The molecule has 0 saturated heterocycles. The quantitative estimate of drug-likeness (QED) is 0.680. The van der Waals surface area contributed by atoms with Crippen LogP contribution in [0, 0.1) is 0 Å². The fraction of sp³-hybridized carbons (Fsp3) is 0.200. The van der Waals surface area contributed by atoms with Crippen LogP contribution in [0.4, 0.5) is 5.69 Å². The number of nitrogens with two attached hydrogens (primary N) is 1. The van der Waals surface area contributed by atoms with E-state index in [2.05, 4.69) is 29.7 Å². The minimum atomic E-state index is 0.845. The molecule has 0 spiro atoms. The van der Waals surface area contributed by atoms with Crippen LogP contribution in [0.1, 0.15) is 12.5 Å². The summed E-state index contributed by atoms with van der Waals surface area (Å²) in [5.41, 5.74) is 9.01. The molecular formula is C10H12N2. The third-order valence-electron chi connectivity index (χ3n) is 2.16. The highest BCUT2D eigenvalue weighted by Crippen LogP contribution is 2.15. The summed E-state index contributed by atoms with van der Waals surface area (Å²) in [5, 5.41) is 0. The molecule has 2 heterocycles. The summed E-state index contributed by atoms with van der Waals surface area (Å²) in [4.78, 5) is 0. The molecule has 0 radical (unpaired) electrons. The molecule has 0 aromatic carbocycles. The van der Waals surface area contributed by atoms with Crippen LogP contribution in [0.15, 0.2) is 30.6 Å². The Morgan fingerprint density at radius 3 is 2.92 bits per heavy atom. The number of anilines is 1. The highest BCUT2D eigenvalue weighted by molar-refractivity contribution is 5.70. The minimum Gasteiger partial charge on any atom is -0.397 e. The molecule has 2 N–H and O–H groups in total. The maximum absolute atomic E-state index is 5.75. The highest BCUT2D eigenvalue weighted by Gasteiger charge is 1.97. The zero-order chi connectivity index (χ0) is 8.55. The van der Waals surface area contributed by atoms with Gasteiger partial charge in [-0.2, -0.15) is 0 Å². The third kappa shape index (κ3) is 0.961. The molecule has 0 aliphatic carbocycles. The highest BCUT2D eigenvalue weighted by atomic mass is 14.9. The van der Waals surface area contributed by atoms with Crippen LogP contribution >= 0.6 is 0 Å². The number of pyridine rings is 1. The summed E-state index contributed by atoms with van der Waals surface area (Å²) in [6.45, 7) is 2.15. The molecule has 12 heavy (non-hydrogen) atoms. The van der Waals surface area contributed by atoms with Gasteiger partial charge in [0.2, 0.25) is 0 Å². The van der Waals surface area contributed by atoms with E-state index in [9.17, 15) is 0 Å². The summed E-state index contributed by atoms with van der Waals surface area (Å²) in [7, 11) is 0. The van der Waals surface area contributed by atoms with Gasteiger partial charge < -0.3 is 10.1 Å². The molecule has 2 heteroatoms. The van der Waals surface area contributed by atoms with Crippen LogP contribution in [0.2, 0.25) is 0 Å². The lowest BCUT2D eigenvalue weighted by molar-refractivity contribution is 1.07. The molecular weight excluding hydrogens is 148 g/mol. The fourth-order valence-electron chi connectivity index (χ4n) is 1.39. The summed E-state index contributed by atoms with van der Waals surface area (Å²) < 4.78 is 2.06. The van der Waals surface area contributed by atoms with Crippen molar-refractivity contribution in [2.75, 3.05) is 5.73 Å². The molecule has 0 aliphatic rings. The van der Waals surface area contributed by atoms with Gasteiger partial charge in [0.25, 0.3) is 0 Å². The summed E-state index contributed by atoms with van der Waals surface area (Å²) in [5.74, 6) is 0. The Kier molecular flexibility index (Phi) is 1.54. The van der Waals surface area contributed by atoms with Crippen LogP contribution in [-0.4, -0.2) is 4.40 Å².